The molecule has 0 aliphatic carbocycles. The van der Waals surface area contributed by atoms with Crippen molar-refractivity contribution < 1.29 is 9.53 Å². The van der Waals surface area contributed by atoms with Crippen molar-refractivity contribution >= 4 is 5.78 Å². The molecule has 2 saturated heterocycles. The van der Waals surface area contributed by atoms with Gasteiger partial charge in [0.2, 0.25) is 0 Å². The normalized spacial score (nSPS) is 36.2. The van der Waals surface area contributed by atoms with E-state index in [0.717, 1.165) is 39.1 Å². The second kappa shape index (κ2) is 4.20. The number of rotatable bonds is 1. The van der Waals surface area contributed by atoms with Crippen LogP contribution in [0.1, 0.15) is 19.3 Å². The molecule has 2 unspecified atom stereocenters. The number of carbonyl (C=O) groups is 1. The Morgan fingerprint density at radius 2 is 2.38 bits per heavy atom. The fourth-order valence-electron chi connectivity index (χ4n) is 2.28. The summed E-state index contributed by atoms with van der Waals surface area (Å²) in [6.07, 6.45) is 2.99. The highest BCUT2D eigenvalue weighted by Gasteiger charge is 2.31. The molecule has 0 spiro atoms. The molecule has 0 bridgehead atoms. The van der Waals surface area contributed by atoms with E-state index in [1.165, 1.54) is 0 Å². The molecule has 2 fully saturated rings. The van der Waals surface area contributed by atoms with Gasteiger partial charge in [0.05, 0.1) is 6.61 Å². The van der Waals surface area contributed by atoms with Gasteiger partial charge in [-0.05, 0) is 18.8 Å². The molecule has 2 aliphatic rings. The van der Waals surface area contributed by atoms with Gasteiger partial charge in [0.15, 0.2) is 0 Å². The maximum atomic E-state index is 11.6. The summed E-state index contributed by atoms with van der Waals surface area (Å²) in [6, 6.07) is 0. The maximum absolute atomic E-state index is 11.6. The van der Waals surface area contributed by atoms with Crippen LogP contribution >= 0.6 is 0 Å². The fraction of sp³-hybridized carbons (Fsp3) is 0.900. The molecule has 13 heavy (non-hydrogen) atoms. The fourth-order valence-corrected chi connectivity index (χ4v) is 2.28. The van der Waals surface area contributed by atoms with Gasteiger partial charge in [0.1, 0.15) is 5.78 Å². The van der Waals surface area contributed by atoms with Gasteiger partial charge in [-0.2, -0.15) is 0 Å². The van der Waals surface area contributed by atoms with Gasteiger partial charge in [-0.1, -0.05) is 0 Å². The number of ketones is 1. The van der Waals surface area contributed by atoms with Crippen molar-refractivity contribution in [2.45, 2.75) is 19.3 Å². The predicted octanol–water partition coefficient (Wildman–Crippen LogP) is 0.592. The minimum atomic E-state index is 0.231. The van der Waals surface area contributed by atoms with Crippen LogP contribution in [-0.4, -0.2) is 32.1 Å². The molecule has 0 aromatic heterocycles. The zero-order chi connectivity index (χ0) is 9.10. The third kappa shape index (κ3) is 2.09. The monoisotopic (exact) mass is 183 g/mol. The first-order valence-electron chi connectivity index (χ1n) is 5.19. The maximum Gasteiger partial charge on any atom is 0.138 e. The van der Waals surface area contributed by atoms with Crippen LogP contribution in [0.15, 0.2) is 0 Å². The van der Waals surface area contributed by atoms with Crippen molar-refractivity contribution in [2.24, 2.45) is 11.8 Å². The van der Waals surface area contributed by atoms with Gasteiger partial charge in [-0.25, -0.2) is 0 Å². The number of hydrogen-bond acceptors (Lipinski definition) is 3. The van der Waals surface area contributed by atoms with Crippen LogP contribution in [0.2, 0.25) is 0 Å². The molecular weight excluding hydrogens is 166 g/mol. The zero-order valence-corrected chi connectivity index (χ0v) is 7.92. The molecule has 1 N–H and O–H groups in total. The summed E-state index contributed by atoms with van der Waals surface area (Å²) in [5.41, 5.74) is 0. The number of carbonyl (C=O) groups excluding carboxylic acids is 1. The lowest BCUT2D eigenvalue weighted by molar-refractivity contribution is -0.127. The molecular formula is C10H17NO2. The minimum Gasteiger partial charge on any atom is -0.381 e. The molecule has 2 heterocycles. The highest BCUT2D eigenvalue weighted by atomic mass is 16.5. The zero-order valence-electron chi connectivity index (χ0n) is 7.92. The van der Waals surface area contributed by atoms with Crippen molar-refractivity contribution in [1.82, 2.24) is 5.32 Å². The smallest absolute Gasteiger partial charge is 0.138 e. The second-order valence-corrected chi connectivity index (χ2v) is 4.00. The molecule has 3 heteroatoms. The van der Waals surface area contributed by atoms with Crippen molar-refractivity contribution in [3.05, 3.63) is 0 Å². The number of ether oxygens (including phenoxy) is 1. The van der Waals surface area contributed by atoms with Crippen molar-refractivity contribution in [1.29, 1.82) is 0 Å². The van der Waals surface area contributed by atoms with E-state index in [9.17, 15) is 4.79 Å². The topological polar surface area (TPSA) is 38.3 Å². The Bertz CT molecular complexity index is 187. The van der Waals surface area contributed by atoms with E-state index in [-0.39, 0.29) is 5.92 Å². The minimum absolute atomic E-state index is 0.231. The molecule has 0 radical (unpaired) electrons. The lowest BCUT2D eigenvalue weighted by atomic mass is 9.82. The first-order chi connectivity index (χ1) is 6.38. The first-order valence-corrected chi connectivity index (χ1v) is 5.19. The molecule has 0 aromatic carbocycles. The number of Topliss-reactive ketones (excluding diaryl/α,β-unsaturated/α-hetero) is 1. The Morgan fingerprint density at radius 3 is 3.08 bits per heavy atom. The molecule has 74 valence electrons. The quantitative estimate of drug-likeness (QED) is 0.646. The van der Waals surface area contributed by atoms with Gasteiger partial charge in [0, 0.05) is 32.0 Å². The summed E-state index contributed by atoms with van der Waals surface area (Å²) in [5.74, 6) is 1.15. The van der Waals surface area contributed by atoms with E-state index in [1.54, 1.807) is 0 Å². The average molecular weight is 183 g/mol. The van der Waals surface area contributed by atoms with Crippen LogP contribution in [0, 0.1) is 11.8 Å². The molecule has 0 amide bonds. The SMILES string of the molecule is O=C1CCNCC1C1CCCOC1. The van der Waals surface area contributed by atoms with Crippen LogP contribution in [0.25, 0.3) is 0 Å². The van der Waals surface area contributed by atoms with Crippen molar-refractivity contribution in [3.8, 4) is 0 Å². The van der Waals surface area contributed by atoms with E-state index in [2.05, 4.69) is 5.32 Å². The van der Waals surface area contributed by atoms with E-state index < -0.39 is 0 Å². The Hall–Kier alpha value is -0.410. The largest absolute Gasteiger partial charge is 0.381 e. The van der Waals surface area contributed by atoms with Gasteiger partial charge in [0.25, 0.3) is 0 Å². The van der Waals surface area contributed by atoms with E-state index in [0.29, 0.717) is 18.1 Å². The Morgan fingerprint density at radius 1 is 1.46 bits per heavy atom. The molecule has 0 saturated carbocycles. The second-order valence-electron chi connectivity index (χ2n) is 4.00. The van der Waals surface area contributed by atoms with Gasteiger partial charge in [-0.15, -0.1) is 0 Å². The van der Waals surface area contributed by atoms with E-state index >= 15 is 0 Å². The molecule has 0 aromatic rings. The van der Waals surface area contributed by atoms with Gasteiger partial charge in [-0.3, -0.25) is 4.79 Å². The summed E-state index contributed by atoms with van der Waals surface area (Å²) >= 11 is 0. The van der Waals surface area contributed by atoms with Crippen LogP contribution in [0.4, 0.5) is 0 Å². The van der Waals surface area contributed by atoms with Crippen LogP contribution in [-0.2, 0) is 9.53 Å². The van der Waals surface area contributed by atoms with Gasteiger partial charge < -0.3 is 10.1 Å². The molecule has 2 rings (SSSR count). The molecule has 3 nitrogen and oxygen atoms in total. The highest BCUT2D eigenvalue weighted by molar-refractivity contribution is 5.82. The van der Waals surface area contributed by atoms with Gasteiger partial charge >= 0.3 is 0 Å². The average Bonchev–Trinajstić information content (AvgIpc) is 2.20. The summed E-state index contributed by atoms with van der Waals surface area (Å²) in [7, 11) is 0. The standard InChI is InChI=1S/C10H17NO2/c12-10-3-4-11-6-9(10)8-2-1-5-13-7-8/h8-9,11H,1-7H2. The van der Waals surface area contributed by atoms with Crippen LogP contribution in [0.5, 0.6) is 0 Å². The summed E-state index contributed by atoms with van der Waals surface area (Å²) in [4.78, 5) is 11.6. The van der Waals surface area contributed by atoms with E-state index in [1.807, 2.05) is 0 Å². The summed E-state index contributed by atoms with van der Waals surface area (Å²) in [5, 5.41) is 3.29. The lowest BCUT2D eigenvalue weighted by Crippen LogP contribution is -2.43. The lowest BCUT2D eigenvalue weighted by Gasteiger charge is -2.31. The Kier molecular flexibility index (Phi) is 2.96. The summed E-state index contributed by atoms with van der Waals surface area (Å²) < 4.78 is 5.40. The molecule has 2 atom stereocenters. The van der Waals surface area contributed by atoms with E-state index in [4.69, 9.17) is 4.74 Å². The number of nitrogens with one attached hydrogen (secondary N) is 1. The third-order valence-corrected chi connectivity index (χ3v) is 3.09. The third-order valence-electron chi connectivity index (χ3n) is 3.09. The molecule has 2 aliphatic heterocycles. The van der Waals surface area contributed by atoms with Crippen LogP contribution < -0.4 is 5.32 Å². The highest BCUT2D eigenvalue weighted by Crippen LogP contribution is 2.24. The van der Waals surface area contributed by atoms with Crippen molar-refractivity contribution in [2.75, 3.05) is 26.3 Å². The predicted molar refractivity (Wildman–Crippen MR) is 49.5 cm³/mol. The Balaban J connectivity index is 1.92. The summed E-state index contributed by atoms with van der Waals surface area (Å²) in [6.45, 7) is 3.40. The Labute approximate surface area is 78.8 Å². The van der Waals surface area contributed by atoms with Crippen LogP contribution in [0.3, 0.4) is 0 Å². The van der Waals surface area contributed by atoms with Crippen molar-refractivity contribution in [3.63, 3.8) is 0 Å². The number of hydrogen-bond donors (Lipinski definition) is 1. The number of piperidine rings is 1. The first kappa shape index (κ1) is 9.16.